The molecule has 0 heterocycles. The molecule has 4 nitrogen and oxygen atoms in total. The zero-order valence-electron chi connectivity index (χ0n) is 12.4. The van der Waals surface area contributed by atoms with Crippen molar-refractivity contribution in [3.63, 3.8) is 0 Å². The lowest BCUT2D eigenvalue weighted by Gasteiger charge is -2.19. The van der Waals surface area contributed by atoms with Crippen molar-refractivity contribution in [1.82, 2.24) is 5.32 Å². The summed E-state index contributed by atoms with van der Waals surface area (Å²) in [5.74, 6) is 0.863. The number of halogens is 1. The minimum atomic E-state index is -0.576. The molecule has 0 saturated heterocycles. The van der Waals surface area contributed by atoms with Crippen molar-refractivity contribution >= 4 is 17.5 Å². The van der Waals surface area contributed by atoms with Crippen LogP contribution in [0.15, 0.2) is 18.2 Å². The van der Waals surface area contributed by atoms with Crippen LogP contribution in [-0.4, -0.2) is 18.6 Å². The Morgan fingerprint density at radius 2 is 2.00 bits per heavy atom. The highest BCUT2D eigenvalue weighted by Crippen LogP contribution is 2.28. The highest BCUT2D eigenvalue weighted by molar-refractivity contribution is 6.30. The minimum absolute atomic E-state index is 0.135. The second kappa shape index (κ2) is 7.50. The third-order valence-corrected chi connectivity index (χ3v) is 3.06. The van der Waals surface area contributed by atoms with Crippen LogP contribution in [0.4, 0.5) is 0 Å². The summed E-state index contributed by atoms with van der Waals surface area (Å²) in [7, 11) is 0. The number of ether oxygens (including phenoxy) is 1. The molecule has 0 saturated carbocycles. The van der Waals surface area contributed by atoms with Gasteiger partial charge in [-0.3, -0.25) is 4.79 Å². The van der Waals surface area contributed by atoms with Crippen molar-refractivity contribution < 1.29 is 9.53 Å². The van der Waals surface area contributed by atoms with Gasteiger partial charge in [-0.05, 0) is 38.0 Å². The van der Waals surface area contributed by atoms with E-state index < -0.39 is 6.10 Å². The first-order chi connectivity index (χ1) is 9.31. The maximum Gasteiger partial charge on any atom is 0.260 e. The van der Waals surface area contributed by atoms with Crippen LogP contribution in [0.5, 0.6) is 5.75 Å². The smallest absolute Gasteiger partial charge is 0.260 e. The molecule has 20 heavy (non-hydrogen) atoms. The quantitative estimate of drug-likeness (QED) is 0.849. The molecule has 2 unspecified atom stereocenters. The Morgan fingerprint density at radius 1 is 1.35 bits per heavy atom. The van der Waals surface area contributed by atoms with Gasteiger partial charge in [0.25, 0.3) is 5.91 Å². The number of amides is 1. The van der Waals surface area contributed by atoms with Crippen LogP contribution in [0.3, 0.4) is 0 Å². The van der Waals surface area contributed by atoms with E-state index in [0.29, 0.717) is 23.2 Å². The van der Waals surface area contributed by atoms with Crippen molar-refractivity contribution in [2.24, 2.45) is 11.7 Å². The van der Waals surface area contributed by atoms with Gasteiger partial charge in [0.15, 0.2) is 6.10 Å². The molecule has 3 N–H and O–H groups in total. The van der Waals surface area contributed by atoms with Crippen molar-refractivity contribution in [3.05, 3.63) is 28.8 Å². The normalized spacial score (nSPS) is 13.9. The highest BCUT2D eigenvalue weighted by Gasteiger charge is 2.17. The van der Waals surface area contributed by atoms with Gasteiger partial charge < -0.3 is 15.8 Å². The van der Waals surface area contributed by atoms with Crippen molar-refractivity contribution in [3.8, 4) is 5.75 Å². The summed E-state index contributed by atoms with van der Waals surface area (Å²) in [4.78, 5) is 11.9. The van der Waals surface area contributed by atoms with Crippen molar-refractivity contribution in [1.29, 1.82) is 0 Å². The van der Waals surface area contributed by atoms with Gasteiger partial charge in [-0.2, -0.15) is 0 Å². The predicted octanol–water partition coefficient (Wildman–Crippen LogP) is 2.90. The Hall–Kier alpha value is -1.26. The van der Waals surface area contributed by atoms with Gasteiger partial charge in [-0.1, -0.05) is 25.4 Å². The van der Waals surface area contributed by atoms with Gasteiger partial charge in [0.05, 0.1) is 0 Å². The Bertz CT molecular complexity index is 461. The number of nitrogens with two attached hydrogens (primary N) is 1. The summed E-state index contributed by atoms with van der Waals surface area (Å²) in [5.41, 5.74) is 6.69. The van der Waals surface area contributed by atoms with Crippen LogP contribution >= 0.6 is 11.6 Å². The molecule has 0 spiro atoms. The van der Waals surface area contributed by atoms with E-state index in [1.165, 1.54) is 0 Å². The largest absolute Gasteiger partial charge is 0.481 e. The van der Waals surface area contributed by atoms with E-state index in [9.17, 15) is 4.79 Å². The third kappa shape index (κ3) is 5.02. The second-order valence-electron chi connectivity index (χ2n) is 5.37. The van der Waals surface area contributed by atoms with Gasteiger partial charge in [0, 0.05) is 23.2 Å². The summed E-state index contributed by atoms with van der Waals surface area (Å²) in [6, 6.07) is 5.02. The third-order valence-electron chi connectivity index (χ3n) is 2.82. The van der Waals surface area contributed by atoms with Crippen LogP contribution in [-0.2, 0) is 4.79 Å². The molecule has 0 aliphatic carbocycles. The lowest BCUT2D eigenvalue weighted by atomic mass is 10.1. The topological polar surface area (TPSA) is 64.3 Å². The molecule has 2 atom stereocenters. The summed E-state index contributed by atoms with van der Waals surface area (Å²) in [6.07, 6.45) is -0.576. The minimum Gasteiger partial charge on any atom is -0.481 e. The monoisotopic (exact) mass is 298 g/mol. The van der Waals surface area contributed by atoms with E-state index >= 15 is 0 Å². The summed E-state index contributed by atoms with van der Waals surface area (Å²) in [5, 5.41) is 3.44. The standard InChI is InChI=1S/C15H23ClN2O2/c1-9(2)8-18-15(19)11(4)20-14-6-5-12(16)7-13(14)10(3)17/h5-7,9-11H,8,17H2,1-4H3,(H,18,19). The van der Waals surface area contributed by atoms with Gasteiger partial charge in [0.1, 0.15) is 5.75 Å². The number of hydrogen-bond acceptors (Lipinski definition) is 3. The lowest BCUT2D eigenvalue weighted by Crippen LogP contribution is -2.38. The Balaban J connectivity index is 2.75. The van der Waals surface area contributed by atoms with Gasteiger partial charge in [-0.25, -0.2) is 0 Å². The zero-order valence-corrected chi connectivity index (χ0v) is 13.2. The first-order valence-electron chi connectivity index (χ1n) is 6.80. The number of rotatable bonds is 6. The van der Waals surface area contributed by atoms with E-state index in [1.54, 1.807) is 25.1 Å². The van der Waals surface area contributed by atoms with Crippen LogP contribution in [0, 0.1) is 5.92 Å². The molecular formula is C15H23ClN2O2. The molecule has 0 bridgehead atoms. The van der Waals surface area contributed by atoms with E-state index in [0.717, 1.165) is 5.56 Å². The molecule has 1 rings (SSSR count). The Morgan fingerprint density at radius 3 is 2.55 bits per heavy atom. The van der Waals surface area contributed by atoms with E-state index in [2.05, 4.69) is 5.32 Å². The SMILES string of the molecule is CC(C)CNC(=O)C(C)Oc1ccc(Cl)cc1C(C)N. The number of carbonyl (C=O) groups is 1. The van der Waals surface area contributed by atoms with Gasteiger partial charge >= 0.3 is 0 Å². The van der Waals surface area contributed by atoms with Crippen molar-refractivity contribution in [2.45, 2.75) is 39.8 Å². The van der Waals surface area contributed by atoms with E-state index in [4.69, 9.17) is 22.1 Å². The van der Waals surface area contributed by atoms with E-state index in [1.807, 2.05) is 20.8 Å². The summed E-state index contributed by atoms with van der Waals surface area (Å²) < 4.78 is 5.71. The lowest BCUT2D eigenvalue weighted by molar-refractivity contribution is -0.127. The molecule has 0 aliphatic heterocycles. The van der Waals surface area contributed by atoms with Crippen LogP contribution < -0.4 is 15.8 Å². The first kappa shape index (κ1) is 16.8. The number of benzene rings is 1. The maximum absolute atomic E-state index is 11.9. The average molecular weight is 299 g/mol. The van der Waals surface area contributed by atoms with Crippen LogP contribution in [0.25, 0.3) is 0 Å². The van der Waals surface area contributed by atoms with Gasteiger partial charge in [0.2, 0.25) is 0 Å². The molecule has 0 aromatic heterocycles. The summed E-state index contributed by atoms with van der Waals surface area (Å²) >= 11 is 5.95. The molecule has 5 heteroatoms. The van der Waals surface area contributed by atoms with Crippen LogP contribution in [0.1, 0.15) is 39.3 Å². The fraction of sp³-hybridized carbons (Fsp3) is 0.533. The zero-order chi connectivity index (χ0) is 15.3. The first-order valence-corrected chi connectivity index (χ1v) is 7.18. The molecule has 112 valence electrons. The average Bonchev–Trinajstić information content (AvgIpc) is 2.37. The highest BCUT2D eigenvalue weighted by atomic mass is 35.5. The maximum atomic E-state index is 11.9. The number of hydrogen-bond donors (Lipinski definition) is 2. The molecule has 0 fully saturated rings. The Labute approximate surface area is 125 Å². The van der Waals surface area contributed by atoms with Crippen LogP contribution in [0.2, 0.25) is 5.02 Å². The summed E-state index contributed by atoms with van der Waals surface area (Å²) in [6.45, 7) is 8.28. The Kier molecular flexibility index (Phi) is 6.30. The molecule has 1 amide bonds. The molecular weight excluding hydrogens is 276 g/mol. The molecule has 0 aliphatic rings. The molecule has 0 radical (unpaired) electrons. The van der Waals surface area contributed by atoms with Crippen molar-refractivity contribution in [2.75, 3.05) is 6.54 Å². The number of nitrogens with one attached hydrogen (secondary N) is 1. The van der Waals surface area contributed by atoms with E-state index in [-0.39, 0.29) is 11.9 Å². The fourth-order valence-corrected chi connectivity index (χ4v) is 1.86. The molecule has 1 aromatic rings. The van der Waals surface area contributed by atoms with Gasteiger partial charge in [-0.15, -0.1) is 0 Å². The predicted molar refractivity (Wildman–Crippen MR) is 82.0 cm³/mol. The second-order valence-corrected chi connectivity index (χ2v) is 5.81. The molecule has 1 aromatic carbocycles. The number of carbonyl (C=O) groups excluding carboxylic acids is 1. The fourth-order valence-electron chi connectivity index (χ4n) is 1.67.